The number of H-pyrrole nitrogens is 1. The Balaban J connectivity index is 1.87. The van der Waals surface area contributed by atoms with Crippen molar-refractivity contribution in [2.45, 2.75) is 44.9 Å². The molecule has 1 fully saturated rings. The first-order valence-electron chi connectivity index (χ1n) is 6.93. The maximum Gasteiger partial charge on any atom is 0.184 e. The van der Waals surface area contributed by atoms with Gasteiger partial charge in [0.25, 0.3) is 0 Å². The molecule has 3 nitrogen and oxygen atoms in total. The Morgan fingerprint density at radius 3 is 2.74 bits per heavy atom. The molecule has 1 saturated carbocycles. The highest BCUT2D eigenvalue weighted by atomic mass is 19.1. The van der Waals surface area contributed by atoms with E-state index in [4.69, 9.17) is 0 Å². The molecule has 0 amide bonds. The zero-order valence-electron chi connectivity index (χ0n) is 11.1. The van der Waals surface area contributed by atoms with Crippen LogP contribution in [0, 0.1) is 12.7 Å². The van der Waals surface area contributed by atoms with E-state index in [-0.39, 0.29) is 5.82 Å². The normalized spacial score (nSPS) is 16.7. The molecule has 3 rings (SSSR count). The summed E-state index contributed by atoms with van der Waals surface area (Å²) in [4.78, 5) is 4.49. The Morgan fingerprint density at radius 2 is 2.00 bits per heavy atom. The van der Waals surface area contributed by atoms with E-state index in [0.717, 1.165) is 24.2 Å². The predicted molar refractivity (Wildman–Crippen MR) is 72.3 cm³/mol. The van der Waals surface area contributed by atoms with Gasteiger partial charge >= 0.3 is 0 Å². The number of halogens is 1. The third kappa shape index (κ3) is 2.53. The van der Waals surface area contributed by atoms with Crippen LogP contribution in [-0.4, -0.2) is 15.2 Å². The number of hydrogen-bond donors (Lipinski definition) is 1. The fraction of sp³-hybridized carbons (Fsp3) is 0.467. The topological polar surface area (TPSA) is 41.6 Å². The van der Waals surface area contributed by atoms with E-state index in [1.807, 2.05) is 13.0 Å². The minimum absolute atomic E-state index is 0.255. The average molecular weight is 259 g/mol. The fourth-order valence-electron chi connectivity index (χ4n) is 2.75. The van der Waals surface area contributed by atoms with Gasteiger partial charge in [-0.1, -0.05) is 25.3 Å². The highest BCUT2D eigenvalue weighted by Crippen LogP contribution is 2.31. The van der Waals surface area contributed by atoms with Crippen LogP contribution >= 0.6 is 0 Å². The maximum absolute atomic E-state index is 13.9. The summed E-state index contributed by atoms with van der Waals surface area (Å²) in [6, 6.07) is 5.15. The third-order valence-electron chi connectivity index (χ3n) is 3.86. The number of nitrogens with one attached hydrogen (secondary N) is 1. The lowest BCUT2D eigenvalue weighted by atomic mass is 9.89. The minimum atomic E-state index is -0.255. The molecule has 0 spiro atoms. The summed E-state index contributed by atoms with van der Waals surface area (Å²) in [6.07, 6.45) is 6.12. The van der Waals surface area contributed by atoms with Crippen LogP contribution < -0.4 is 0 Å². The summed E-state index contributed by atoms with van der Waals surface area (Å²) < 4.78 is 13.9. The summed E-state index contributed by atoms with van der Waals surface area (Å²) in [5, 5.41) is 7.16. The van der Waals surface area contributed by atoms with Crippen molar-refractivity contribution >= 4 is 0 Å². The van der Waals surface area contributed by atoms with Crippen LogP contribution in [0.2, 0.25) is 0 Å². The summed E-state index contributed by atoms with van der Waals surface area (Å²) in [5.41, 5.74) is 1.38. The van der Waals surface area contributed by atoms with Crippen molar-refractivity contribution in [3.8, 4) is 11.4 Å². The van der Waals surface area contributed by atoms with Crippen LogP contribution in [0.15, 0.2) is 18.2 Å². The Hall–Kier alpha value is -1.71. The Morgan fingerprint density at radius 1 is 1.21 bits per heavy atom. The largest absolute Gasteiger partial charge is 0.262 e. The van der Waals surface area contributed by atoms with Crippen molar-refractivity contribution < 1.29 is 4.39 Å². The average Bonchev–Trinajstić information content (AvgIpc) is 2.89. The molecule has 1 N–H and O–H groups in total. The van der Waals surface area contributed by atoms with Crippen LogP contribution in [0.4, 0.5) is 4.39 Å². The van der Waals surface area contributed by atoms with Crippen molar-refractivity contribution in [1.29, 1.82) is 0 Å². The SMILES string of the molecule is Cc1ccc(-c2n[nH]c(C3CCCCC3)n2)c(F)c1. The number of aryl methyl sites for hydroxylation is 1. The van der Waals surface area contributed by atoms with Crippen LogP contribution in [0.25, 0.3) is 11.4 Å². The first-order valence-corrected chi connectivity index (χ1v) is 6.93. The highest BCUT2D eigenvalue weighted by molar-refractivity contribution is 5.56. The molecule has 4 heteroatoms. The van der Waals surface area contributed by atoms with Gasteiger partial charge in [-0.3, -0.25) is 5.10 Å². The van der Waals surface area contributed by atoms with Gasteiger partial charge in [0.1, 0.15) is 11.6 Å². The molecule has 2 aromatic rings. The van der Waals surface area contributed by atoms with E-state index in [1.165, 1.54) is 25.3 Å². The molecular formula is C15H18FN3. The zero-order chi connectivity index (χ0) is 13.2. The molecule has 1 heterocycles. The smallest absolute Gasteiger partial charge is 0.184 e. The molecule has 0 radical (unpaired) electrons. The highest BCUT2D eigenvalue weighted by Gasteiger charge is 2.20. The number of aromatic amines is 1. The van der Waals surface area contributed by atoms with Crippen LogP contribution in [0.3, 0.4) is 0 Å². The molecule has 1 aromatic carbocycles. The Bertz CT molecular complexity index is 571. The van der Waals surface area contributed by atoms with Gasteiger partial charge in [0.15, 0.2) is 5.82 Å². The molecule has 1 aliphatic rings. The van der Waals surface area contributed by atoms with Gasteiger partial charge in [0, 0.05) is 5.92 Å². The van der Waals surface area contributed by atoms with Crippen molar-refractivity contribution in [1.82, 2.24) is 15.2 Å². The number of nitrogens with zero attached hydrogens (tertiary/aromatic N) is 2. The molecule has 100 valence electrons. The lowest BCUT2D eigenvalue weighted by Crippen LogP contribution is -2.06. The summed E-state index contributed by atoms with van der Waals surface area (Å²) in [7, 11) is 0. The Labute approximate surface area is 112 Å². The fourth-order valence-corrected chi connectivity index (χ4v) is 2.75. The van der Waals surface area contributed by atoms with Crippen LogP contribution in [0.5, 0.6) is 0 Å². The monoisotopic (exact) mass is 259 g/mol. The second-order valence-corrected chi connectivity index (χ2v) is 5.36. The van der Waals surface area contributed by atoms with Gasteiger partial charge in [-0.15, -0.1) is 0 Å². The van der Waals surface area contributed by atoms with E-state index in [9.17, 15) is 4.39 Å². The minimum Gasteiger partial charge on any atom is -0.262 e. The van der Waals surface area contributed by atoms with Gasteiger partial charge < -0.3 is 0 Å². The summed E-state index contributed by atoms with van der Waals surface area (Å²) >= 11 is 0. The van der Waals surface area contributed by atoms with E-state index in [0.29, 0.717) is 17.3 Å². The van der Waals surface area contributed by atoms with Gasteiger partial charge in [-0.25, -0.2) is 9.37 Å². The van der Waals surface area contributed by atoms with Gasteiger partial charge in [-0.05, 0) is 37.5 Å². The zero-order valence-corrected chi connectivity index (χ0v) is 11.1. The van der Waals surface area contributed by atoms with Gasteiger partial charge in [-0.2, -0.15) is 5.10 Å². The number of rotatable bonds is 2. The number of hydrogen-bond acceptors (Lipinski definition) is 2. The van der Waals surface area contributed by atoms with Gasteiger partial charge in [0.2, 0.25) is 0 Å². The molecule has 0 aliphatic heterocycles. The van der Waals surface area contributed by atoms with Crippen LogP contribution in [0.1, 0.15) is 49.4 Å². The van der Waals surface area contributed by atoms with E-state index >= 15 is 0 Å². The molecule has 1 aliphatic carbocycles. The van der Waals surface area contributed by atoms with Crippen molar-refractivity contribution in [2.75, 3.05) is 0 Å². The third-order valence-corrected chi connectivity index (χ3v) is 3.86. The molecule has 1 aromatic heterocycles. The van der Waals surface area contributed by atoms with Crippen LogP contribution in [-0.2, 0) is 0 Å². The van der Waals surface area contributed by atoms with E-state index in [1.54, 1.807) is 6.07 Å². The molecule has 0 saturated heterocycles. The van der Waals surface area contributed by atoms with Crippen molar-refractivity contribution in [2.24, 2.45) is 0 Å². The molecule has 19 heavy (non-hydrogen) atoms. The number of benzene rings is 1. The standard InChI is InChI=1S/C15H18FN3/c1-10-7-8-12(13(16)9-10)15-17-14(18-19-15)11-5-3-2-4-6-11/h7-9,11H,2-6H2,1H3,(H,17,18,19). The van der Waals surface area contributed by atoms with E-state index < -0.39 is 0 Å². The number of aromatic nitrogens is 3. The second kappa shape index (κ2) is 5.11. The lowest BCUT2D eigenvalue weighted by Gasteiger charge is -2.18. The molecule has 0 bridgehead atoms. The summed E-state index contributed by atoms with van der Waals surface area (Å²) in [5.74, 6) is 1.59. The lowest BCUT2D eigenvalue weighted by molar-refractivity contribution is 0.429. The summed E-state index contributed by atoms with van der Waals surface area (Å²) in [6.45, 7) is 1.87. The molecule has 0 unspecified atom stereocenters. The Kier molecular flexibility index (Phi) is 3.32. The predicted octanol–water partition coefficient (Wildman–Crippen LogP) is 3.97. The van der Waals surface area contributed by atoms with Crippen molar-refractivity contribution in [3.05, 3.63) is 35.4 Å². The van der Waals surface area contributed by atoms with E-state index in [2.05, 4.69) is 15.2 Å². The molecule has 0 atom stereocenters. The van der Waals surface area contributed by atoms with Crippen molar-refractivity contribution in [3.63, 3.8) is 0 Å². The first kappa shape index (κ1) is 12.3. The molecular weight excluding hydrogens is 241 g/mol. The maximum atomic E-state index is 13.9. The first-order chi connectivity index (χ1) is 9.24. The quantitative estimate of drug-likeness (QED) is 0.886. The second-order valence-electron chi connectivity index (χ2n) is 5.36. The van der Waals surface area contributed by atoms with Gasteiger partial charge in [0.05, 0.1) is 5.56 Å².